The van der Waals surface area contributed by atoms with Crippen LogP contribution in [0.15, 0.2) is 0 Å². The minimum atomic E-state index is -0.213. The van der Waals surface area contributed by atoms with Crippen LogP contribution in [0.5, 0.6) is 0 Å². The smallest absolute Gasteiger partial charge is 0.236 e. The van der Waals surface area contributed by atoms with Crippen molar-refractivity contribution < 1.29 is 9.59 Å². The minimum Gasteiger partial charge on any atom is -0.337 e. The second-order valence-electron chi connectivity index (χ2n) is 2.16. The van der Waals surface area contributed by atoms with E-state index in [1.807, 2.05) is 0 Å². The molecule has 4 heteroatoms. The number of nitrogens with two attached hydrogens (primary N) is 1. The van der Waals surface area contributed by atoms with Gasteiger partial charge in [0.15, 0.2) is 0 Å². The van der Waals surface area contributed by atoms with Gasteiger partial charge in [-0.25, -0.2) is 0 Å². The molecule has 4 nitrogen and oxygen atoms in total. The van der Waals surface area contributed by atoms with Crippen LogP contribution in [0.1, 0.15) is 6.92 Å². The number of carbonyl (C=O) groups is 2. The summed E-state index contributed by atoms with van der Waals surface area (Å²) < 4.78 is 0. The Labute approximate surface area is 60.0 Å². The van der Waals surface area contributed by atoms with E-state index in [2.05, 4.69) is 0 Å². The third-order valence-electron chi connectivity index (χ3n) is 1.06. The van der Waals surface area contributed by atoms with Gasteiger partial charge < -0.3 is 10.6 Å². The normalized spacial score (nSPS) is 9.10. The minimum absolute atomic E-state index is 0.0377. The van der Waals surface area contributed by atoms with Crippen molar-refractivity contribution in [2.75, 3.05) is 20.1 Å². The largest absolute Gasteiger partial charge is 0.337 e. The summed E-state index contributed by atoms with van der Waals surface area (Å²) in [5, 5.41) is 0. The molecule has 0 aliphatic carbocycles. The van der Waals surface area contributed by atoms with E-state index in [0.717, 1.165) is 0 Å². The van der Waals surface area contributed by atoms with Crippen LogP contribution in [0, 0.1) is 0 Å². The number of rotatable bonds is 3. The van der Waals surface area contributed by atoms with Crippen LogP contribution in [-0.2, 0) is 9.59 Å². The van der Waals surface area contributed by atoms with Gasteiger partial charge in [0.25, 0.3) is 0 Å². The number of hydrogen-bond acceptors (Lipinski definition) is 3. The summed E-state index contributed by atoms with van der Waals surface area (Å²) in [4.78, 5) is 22.4. The first-order chi connectivity index (χ1) is 4.57. The highest BCUT2D eigenvalue weighted by atomic mass is 16.2. The van der Waals surface area contributed by atoms with E-state index in [-0.39, 0.29) is 24.8 Å². The van der Waals surface area contributed by atoms with Crippen molar-refractivity contribution in [1.29, 1.82) is 0 Å². The number of carbonyl (C=O) groups excluding carboxylic acids is 2. The van der Waals surface area contributed by atoms with Gasteiger partial charge in [0.2, 0.25) is 5.91 Å². The fourth-order valence-corrected chi connectivity index (χ4v) is 0.578. The Morgan fingerprint density at radius 2 is 2.00 bits per heavy atom. The lowest BCUT2D eigenvalue weighted by molar-refractivity contribution is -0.132. The van der Waals surface area contributed by atoms with E-state index in [1.165, 1.54) is 11.8 Å². The second kappa shape index (κ2) is 4.00. The molecule has 1 amide bonds. The molecule has 0 unspecified atom stereocenters. The van der Waals surface area contributed by atoms with Crippen molar-refractivity contribution in [2.45, 2.75) is 6.92 Å². The molecule has 0 radical (unpaired) electrons. The molecular weight excluding hydrogens is 132 g/mol. The molecule has 58 valence electrons. The zero-order valence-corrected chi connectivity index (χ0v) is 6.26. The van der Waals surface area contributed by atoms with Crippen LogP contribution in [0.25, 0.3) is 0 Å². The lowest BCUT2D eigenvalue weighted by atomic mass is 10.4. The Morgan fingerprint density at radius 3 is 2.30 bits per heavy atom. The van der Waals surface area contributed by atoms with Gasteiger partial charge in [0.05, 0.1) is 13.1 Å². The number of likely N-dealkylation sites (N-methyl/N-ethyl adjacent to an activating group) is 1. The number of nitrogens with zero attached hydrogens (tertiary/aromatic N) is 1. The second-order valence-corrected chi connectivity index (χ2v) is 2.16. The monoisotopic (exact) mass is 144 g/mol. The van der Waals surface area contributed by atoms with E-state index in [4.69, 9.17) is 5.73 Å². The van der Waals surface area contributed by atoms with Gasteiger partial charge in [-0.05, 0) is 6.92 Å². The maximum absolute atomic E-state index is 10.7. The first-order valence-electron chi connectivity index (χ1n) is 3.01. The summed E-state index contributed by atoms with van der Waals surface area (Å²) >= 11 is 0. The van der Waals surface area contributed by atoms with Crippen molar-refractivity contribution in [2.24, 2.45) is 5.73 Å². The zero-order chi connectivity index (χ0) is 8.15. The van der Waals surface area contributed by atoms with Gasteiger partial charge in [-0.15, -0.1) is 0 Å². The third-order valence-corrected chi connectivity index (χ3v) is 1.06. The topological polar surface area (TPSA) is 63.4 Å². The molecule has 10 heavy (non-hydrogen) atoms. The first kappa shape index (κ1) is 9.10. The van der Waals surface area contributed by atoms with Gasteiger partial charge in [0, 0.05) is 7.05 Å². The quantitative estimate of drug-likeness (QED) is 0.552. The summed E-state index contributed by atoms with van der Waals surface area (Å²) in [6.07, 6.45) is 0. The molecular formula is C6H12N2O2. The molecule has 0 aliphatic rings. The lowest BCUT2D eigenvalue weighted by Crippen LogP contribution is -2.35. The van der Waals surface area contributed by atoms with Gasteiger partial charge in [0.1, 0.15) is 5.78 Å². The van der Waals surface area contributed by atoms with Crippen molar-refractivity contribution in [3.8, 4) is 0 Å². The highest BCUT2D eigenvalue weighted by Gasteiger charge is 2.06. The van der Waals surface area contributed by atoms with Crippen molar-refractivity contribution in [1.82, 2.24) is 4.90 Å². The van der Waals surface area contributed by atoms with Crippen LogP contribution < -0.4 is 5.73 Å². The highest BCUT2D eigenvalue weighted by Crippen LogP contribution is 1.82. The average molecular weight is 144 g/mol. The number of Topliss-reactive ketones (excluding diaryl/α,β-unsaturated/α-hetero) is 1. The van der Waals surface area contributed by atoms with Crippen molar-refractivity contribution >= 4 is 11.7 Å². The number of hydrogen-bond donors (Lipinski definition) is 1. The van der Waals surface area contributed by atoms with Gasteiger partial charge >= 0.3 is 0 Å². The van der Waals surface area contributed by atoms with E-state index in [0.29, 0.717) is 0 Å². The van der Waals surface area contributed by atoms with E-state index >= 15 is 0 Å². The summed E-state index contributed by atoms with van der Waals surface area (Å²) in [6.45, 7) is 1.54. The Morgan fingerprint density at radius 1 is 1.50 bits per heavy atom. The van der Waals surface area contributed by atoms with Gasteiger partial charge in [-0.3, -0.25) is 9.59 Å². The predicted molar refractivity (Wildman–Crippen MR) is 37.4 cm³/mol. The summed E-state index contributed by atoms with van der Waals surface area (Å²) in [5.74, 6) is -0.250. The molecule has 0 atom stereocenters. The predicted octanol–water partition coefficient (Wildman–Crippen LogP) is -1.01. The number of amides is 1. The average Bonchev–Trinajstić information content (AvgIpc) is 1.85. The maximum atomic E-state index is 10.7. The lowest BCUT2D eigenvalue weighted by Gasteiger charge is -2.12. The Kier molecular flexibility index (Phi) is 3.64. The van der Waals surface area contributed by atoms with Crippen molar-refractivity contribution in [3.63, 3.8) is 0 Å². The van der Waals surface area contributed by atoms with Gasteiger partial charge in [-0.2, -0.15) is 0 Å². The standard InChI is InChI=1S/C6H12N2O2/c1-5(9)4-8(2)6(10)3-7/h3-4,7H2,1-2H3. The summed E-state index contributed by atoms with van der Waals surface area (Å²) in [7, 11) is 1.55. The van der Waals surface area contributed by atoms with E-state index in [9.17, 15) is 9.59 Å². The van der Waals surface area contributed by atoms with Gasteiger partial charge in [-0.1, -0.05) is 0 Å². The first-order valence-corrected chi connectivity index (χ1v) is 3.01. The summed E-state index contributed by atoms with van der Waals surface area (Å²) in [6, 6.07) is 0. The molecule has 2 N–H and O–H groups in total. The Bertz CT molecular complexity index is 145. The Hall–Kier alpha value is -0.900. The third kappa shape index (κ3) is 3.19. The zero-order valence-electron chi connectivity index (χ0n) is 6.26. The molecule has 0 aromatic carbocycles. The number of ketones is 1. The molecule has 0 aliphatic heterocycles. The van der Waals surface area contributed by atoms with Crippen molar-refractivity contribution in [3.05, 3.63) is 0 Å². The van der Waals surface area contributed by atoms with Crippen LogP contribution in [0.4, 0.5) is 0 Å². The molecule has 0 aromatic heterocycles. The Balaban J connectivity index is 3.72. The van der Waals surface area contributed by atoms with E-state index < -0.39 is 0 Å². The molecule has 0 saturated heterocycles. The fraction of sp³-hybridized carbons (Fsp3) is 0.667. The molecule has 0 bridgehead atoms. The molecule has 0 saturated carbocycles. The van der Waals surface area contributed by atoms with Crippen LogP contribution in [0.3, 0.4) is 0 Å². The molecule has 0 heterocycles. The van der Waals surface area contributed by atoms with Crippen LogP contribution in [0.2, 0.25) is 0 Å². The molecule has 0 rings (SSSR count). The molecule has 0 fully saturated rings. The van der Waals surface area contributed by atoms with Crippen LogP contribution >= 0.6 is 0 Å². The highest BCUT2D eigenvalue weighted by molar-refractivity contribution is 5.85. The SMILES string of the molecule is CC(=O)CN(C)C(=O)CN. The molecule has 0 spiro atoms. The fourth-order valence-electron chi connectivity index (χ4n) is 0.578. The summed E-state index contributed by atoms with van der Waals surface area (Å²) in [5.41, 5.74) is 5.05. The van der Waals surface area contributed by atoms with Crippen LogP contribution in [-0.4, -0.2) is 36.7 Å². The maximum Gasteiger partial charge on any atom is 0.236 e. The molecule has 0 aromatic rings. The van der Waals surface area contributed by atoms with E-state index in [1.54, 1.807) is 7.05 Å².